The van der Waals surface area contributed by atoms with E-state index in [0.29, 0.717) is 0 Å². The number of benzene rings is 1. The molecule has 3 nitrogen and oxygen atoms in total. The highest BCUT2D eigenvalue weighted by molar-refractivity contribution is 5.92. The van der Waals surface area contributed by atoms with Crippen molar-refractivity contribution in [3.05, 3.63) is 35.5 Å². The van der Waals surface area contributed by atoms with Gasteiger partial charge in [0.15, 0.2) is 0 Å². The van der Waals surface area contributed by atoms with Crippen LogP contribution >= 0.6 is 0 Å². The minimum Gasteiger partial charge on any atom is -0.543 e. The van der Waals surface area contributed by atoms with Crippen LogP contribution in [0, 0.1) is 0 Å². The number of carboxylic acids is 1. The quantitative estimate of drug-likeness (QED) is 0.790. The molecule has 0 radical (unpaired) electrons. The monoisotopic (exact) mass is 216 g/mol. The molecule has 0 aliphatic heterocycles. The number of nitrogens with one attached hydrogen (secondary N) is 1. The molecule has 0 aliphatic carbocycles. The van der Waals surface area contributed by atoms with E-state index in [1.165, 1.54) is 5.56 Å². The van der Waals surface area contributed by atoms with Crippen molar-refractivity contribution in [1.82, 2.24) is 4.98 Å². The van der Waals surface area contributed by atoms with E-state index in [0.717, 1.165) is 10.9 Å². The molecule has 0 saturated carbocycles. The van der Waals surface area contributed by atoms with Crippen molar-refractivity contribution in [3.8, 4) is 0 Å². The van der Waals surface area contributed by atoms with E-state index in [9.17, 15) is 9.90 Å². The summed E-state index contributed by atoms with van der Waals surface area (Å²) in [4.78, 5) is 13.5. The van der Waals surface area contributed by atoms with Crippen LogP contribution in [0.5, 0.6) is 0 Å². The first-order valence-corrected chi connectivity index (χ1v) is 5.22. The van der Waals surface area contributed by atoms with Gasteiger partial charge < -0.3 is 14.9 Å². The predicted octanol–water partition coefficient (Wildman–Crippen LogP) is 1.83. The summed E-state index contributed by atoms with van der Waals surface area (Å²) in [5.74, 6) is -1.17. The summed E-state index contributed by atoms with van der Waals surface area (Å²) in [5.41, 5.74) is 2.20. The molecule has 1 aromatic carbocycles. The topological polar surface area (TPSA) is 55.9 Å². The fraction of sp³-hybridized carbons (Fsp3) is 0.308. The minimum absolute atomic E-state index is 0.0626. The van der Waals surface area contributed by atoms with E-state index in [1.54, 1.807) is 6.07 Å². The Labute approximate surface area is 94.1 Å². The van der Waals surface area contributed by atoms with E-state index in [-0.39, 0.29) is 11.1 Å². The maximum absolute atomic E-state index is 10.7. The Morgan fingerprint density at radius 3 is 2.50 bits per heavy atom. The fourth-order valence-corrected chi connectivity index (χ4v) is 1.71. The summed E-state index contributed by atoms with van der Waals surface area (Å²) in [6.45, 7) is 6.38. The lowest BCUT2D eigenvalue weighted by Gasteiger charge is -2.18. The third-order valence-electron chi connectivity index (χ3n) is 2.71. The average molecular weight is 216 g/mol. The van der Waals surface area contributed by atoms with Crippen molar-refractivity contribution in [2.24, 2.45) is 0 Å². The number of hydrogen-bond acceptors (Lipinski definition) is 2. The molecule has 1 aromatic heterocycles. The van der Waals surface area contributed by atoms with Gasteiger partial charge in [-0.25, -0.2) is 0 Å². The van der Waals surface area contributed by atoms with Gasteiger partial charge in [0.25, 0.3) is 0 Å². The maximum Gasteiger partial charge on any atom is 0.0878 e. The summed E-state index contributed by atoms with van der Waals surface area (Å²) < 4.78 is 0. The van der Waals surface area contributed by atoms with Crippen LogP contribution in [-0.2, 0) is 5.41 Å². The summed E-state index contributed by atoms with van der Waals surface area (Å²) in [6.07, 6.45) is 0. The van der Waals surface area contributed by atoms with Crippen molar-refractivity contribution in [2.75, 3.05) is 0 Å². The Bertz CT molecular complexity index is 547. The number of hydrogen-bond donors (Lipinski definition) is 1. The molecule has 1 heterocycles. The molecule has 0 unspecified atom stereocenters. The highest BCUT2D eigenvalue weighted by Gasteiger charge is 2.14. The number of rotatable bonds is 1. The number of carbonyl (C=O) groups excluding carboxylic acids is 1. The SMILES string of the molecule is CC(C)(C)c1ccc2[nH]c(C(=O)[O-])cc2c1. The Balaban J connectivity index is 2.58. The van der Waals surface area contributed by atoms with Gasteiger partial charge in [-0.1, -0.05) is 26.8 Å². The van der Waals surface area contributed by atoms with Crippen LogP contribution in [-0.4, -0.2) is 11.0 Å². The molecule has 0 aliphatic rings. The molecular weight excluding hydrogens is 202 g/mol. The number of aromatic nitrogens is 1. The van der Waals surface area contributed by atoms with Crippen molar-refractivity contribution >= 4 is 16.9 Å². The zero-order valence-corrected chi connectivity index (χ0v) is 9.63. The van der Waals surface area contributed by atoms with Gasteiger partial charge in [-0.05, 0) is 29.2 Å². The lowest BCUT2D eigenvalue weighted by molar-refractivity contribution is -0.255. The lowest BCUT2D eigenvalue weighted by atomic mass is 9.86. The third kappa shape index (κ3) is 1.81. The summed E-state index contributed by atoms with van der Waals surface area (Å²) in [7, 11) is 0. The standard InChI is InChI=1S/C13H15NO2/c1-13(2,3)9-4-5-10-8(6-9)7-11(14-10)12(15)16/h4-7,14H,1-3H3,(H,15,16)/p-1. The van der Waals surface area contributed by atoms with Crippen molar-refractivity contribution < 1.29 is 9.90 Å². The Morgan fingerprint density at radius 1 is 1.25 bits per heavy atom. The maximum atomic E-state index is 10.7. The summed E-state index contributed by atoms with van der Waals surface area (Å²) in [5, 5.41) is 11.6. The van der Waals surface area contributed by atoms with Crippen LogP contribution in [0.15, 0.2) is 24.3 Å². The second-order valence-corrected chi connectivity index (χ2v) is 5.02. The molecule has 84 valence electrons. The zero-order chi connectivity index (χ0) is 11.9. The van der Waals surface area contributed by atoms with Gasteiger partial charge in [0.05, 0.1) is 11.7 Å². The molecule has 0 bridgehead atoms. The van der Waals surface area contributed by atoms with Gasteiger partial charge in [0, 0.05) is 10.9 Å². The molecule has 2 aromatic rings. The lowest BCUT2D eigenvalue weighted by Crippen LogP contribution is -2.22. The Morgan fingerprint density at radius 2 is 1.94 bits per heavy atom. The molecule has 0 atom stereocenters. The van der Waals surface area contributed by atoms with Crippen LogP contribution in [0.3, 0.4) is 0 Å². The zero-order valence-electron chi connectivity index (χ0n) is 9.63. The smallest absolute Gasteiger partial charge is 0.0878 e. The molecule has 2 rings (SSSR count). The number of aromatic amines is 1. The molecule has 0 amide bonds. The number of fused-ring (bicyclic) bond motifs is 1. The van der Waals surface area contributed by atoms with Crippen LogP contribution in [0.4, 0.5) is 0 Å². The molecule has 3 heteroatoms. The van der Waals surface area contributed by atoms with Crippen LogP contribution in [0.1, 0.15) is 36.8 Å². The predicted molar refractivity (Wildman–Crippen MR) is 61.3 cm³/mol. The molecule has 16 heavy (non-hydrogen) atoms. The van der Waals surface area contributed by atoms with Crippen LogP contribution in [0.2, 0.25) is 0 Å². The average Bonchev–Trinajstić information content (AvgIpc) is 2.58. The first-order valence-electron chi connectivity index (χ1n) is 5.22. The Hall–Kier alpha value is -1.77. The van der Waals surface area contributed by atoms with E-state index in [1.807, 2.05) is 18.2 Å². The number of carboxylic acid groups (broad SMARTS) is 1. The summed E-state index contributed by atoms with van der Waals surface area (Å²) >= 11 is 0. The fourth-order valence-electron chi connectivity index (χ4n) is 1.71. The number of carbonyl (C=O) groups is 1. The van der Waals surface area contributed by atoms with Crippen molar-refractivity contribution in [2.45, 2.75) is 26.2 Å². The van der Waals surface area contributed by atoms with Crippen molar-refractivity contribution in [3.63, 3.8) is 0 Å². The van der Waals surface area contributed by atoms with Gasteiger partial charge in [0.1, 0.15) is 0 Å². The van der Waals surface area contributed by atoms with E-state index < -0.39 is 5.97 Å². The number of aromatic carboxylic acids is 1. The van der Waals surface area contributed by atoms with E-state index in [4.69, 9.17) is 0 Å². The first kappa shape index (κ1) is 10.7. The largest absolute Gasteiger partial charge is 0.543 e. The third-order valence-corrected chi connectivity index (χ3v) is 2.71. The number of H-pyrrole nitrogens is 1. The van der Waals surface area contributed by atoms with Crippen LogP contribution in [0.25, 0.3) is 10.9 Å². The van der Waals surface area contributed by atoms with Gasteiger partial charge >= 0.3 is 0 Å². The van der Waals surface area contributed by atoms with E-state index >= 15 is 0 Å². The van der Waals surface area contributed by atoms with Crippen LogP contribution < -0.4 is 5.11 Å². The van der Waals surface area contributed by atoms with E-state index in [2.05, 4.69) is 25.8 Å². The highest BCUT2D eigenvalue weighted by Crippen LogP contribution is 2.26. The molecular formula is C13H14NO2-. The molecule has 1 N–H and O–H groups in total. The van der Waals surface area contributed by atoms with Gasteiger partial charge in [-0.15, -0.1) is 0 Å². The summed E-state index contributed by atoms with van der Waals surface area (Å²) in [6, 6.07) is 7.54. The molecule has 0 spiro atoms. The Kier molecular flexibility index (Phi) is 2.26. The molecule has 0 saturated heterocycles. The van der Waals surface area contributed by atoms with Gasteiger partial charge in [0.2, 0.25) is 0 Å². The minimum atomic E-state index is -1.17. The normalized spacial score (nSPS) is 11.9. The highest BCUT2D eigenvalue weighted by atomic mass is 16.4. The second-order valence-electron chi connectivity index (χ2n) is 5.02. The second kappa shape index (κ2) is 3.37. The first-order chi connectivity index (χ1) is 7.38. The molecule has 0 fully saturated rings. The van der Waals surface area contributed by atoms with Crippen molar-refractivity contribution in [1.29, 1.82) is 0 Å². The van der Waals surface area contributed by atoms with Gasteiger partial charge in [-0.3, -0.25) is 0 Å². The van der Waals surface area contributed by atoms with Gasteiger partial charge in [-0.2, -0.15) is 0 Å².